The minimum atomic E-state index is -0.276. The fourth-order valence-electron chi connectivity index (χ4n) is 3.07. The Balaban J connectivity index is 1.78. The number of amides is 2. The third kappa shape index (κ3) is 5.64. The molecule has 1 aromatic rings. The molecule has 1 atom stereocenters. The van der Waals surface area contributed by atoms with Gasteiger partial charge < -0.3 is 19.7 Å². The van der Waals surface area contributed by atoms with Crippen LogP contribution >= 0.6 is 0 Å². The molecule has 1 aliphatic heterocycles. The number of rotatable bonds is 7. The predicted octanol–water partition coefficient (Wildman–Crippen LogP) is 3.32. The molecule has 0 spiro atoms. The van der Waals surface area contributed by atoms with Crippen molar-refractivity contribution in [3.63, 3.8) is 0 Å². The van der Waals surface area contributed by atoms with E-state index < -0.39 is 0 Å². The van der Waals surface area contributed by atoms with Gasteiger partial charge in [0.2, 0.25) is 0 Å². The Morgan fingerprint density at radius 3 is 2.58 bits per heavy atom. The number of para-hydroxylation sites is 1. The molecule has 1 aliphatic rings. The van der Waals surface area contributed by atoms with Crippen LogP contribution in [0.4, 0.5) is 4.79 Å². The highest BCUT2D eigenvalue weighted by Gasteiger charge is 2.24. The van der Waals surface area contributed by atoms with E-state index in [4.69, 9.17) is 9.47 Å². The second-order valence-electron chi connectivity index (χ2n) is 6.66. The van der Waals surface area contributed by atoms with Crippen LogP contribution in [-0.2, 0) is 9.53 Å². The van der Waals surface area contributed by atoms with Gasteiger partial charge in [-0.05, 0) is 43.7 Å². The SMILES string of the molecule is CCOC(=O)N1CCC(NC(=O)COc2ccccc2C(C)CC)CC1. The Morgan fingerprint density at radius 1 is 1.23 bits per heavy atom. The summed E-state index contributed by atoms with van der Waals surface area (Å²) in [7, 11) is 0. The monoisotopic (exact) mass is 362 g/mol. The highest BCUT2D eigenvalue weighted by molar-refractivity contribution is 5.78. The molecule has 1 saturated heterocycles. The average Bonchev–Trinajstić information content (AvgIpc) is 2.66. The lowest BCUT2D eigenvalue weighted by atomic mass is 9.98. The summed E-state index contributed by atoms with van der Waals surface area (Å²) in [6.45, 7) is 7.67. The Kier molecular flexibility index (Phi) is 7.75. The number of piperidine rings is 1. The molecule has 6 heteroatoms. The lowest BCUT2D eigenvalue weighted by Gasteiger charge is -2.31. The van der Waals surface area contributed by atoms with E-state index in [1.807, 2.05) is 24.3 Å². The maximum atomic E-state index is 12.2. The number of carbonyl (C=O) groups is 2. The summed E-state index contributed by atoms with van der Waals surface area (Å²) in [5, 5.41) is 3.00. The van der Waals surface area contributed by atoms with Gasteiger partial charge in [0, 0.05) is 19.1 Å². The average molecular weight is 362 g/mol. The van der Waals surface area contributed by atoms with Gasteiger partial charge in [-0.25, -0.2) is 4.79 Å². The Morgan fingerprint density at radius 2 is 1.92 bits per heavy atom. The van der Waals surface area contributed by atoms with E-state index >= 15 is 0 Å². The first-order valence-electron chi connectivity index (χ1n) is 9.47. The fraction of sp³-hybridized carbons (Fsp3) is 0.600. The van der Waals surface area contributed by atoms with E-state index in [1.54, 1.807) is 11.8 Å². The molecular weight excluding hydrogens is 332 g/mol. The highest BCUT2D eigenvalue weighted by Crippen LogP contribution is 2.28. The van der Waals surface area contributed by atoms with Crippen LogP contribution in [0.25, 0.3) is 0 Å². The van der Waals surface area contributed by atoms with Gasteiger partial charge in [-0.1, -0.05) is 32.0 Å². The van der Waals surface area contributed by atoms with Crippen molar-refractivity contribution in [2.75, 3.05) is 26.3 Å². The standard InChI is InChI=1S/C20H30N2O4/c1-4-15(3)17-8-6-7-9-18(17)26-14-19(23)21-16-10-12-22(13-11-16)20(24)25-5-2/h6-9,15-16H,4-5,10-14H2,1-3H3,(H,21,23). The number of benzene rings is 1. The van der Waals surface area contributed by atoms with E-state index in [1.165, 1.54) is 0 Å². The zero-order chi connectivity index (χ0) is 18.9. The van der Waals surface area contributed by atoms with Crippen LogP contribution in [-0.4, -0.2) is 49.2 Å². The zero-order valence-corrected chi connectivity index (χ0v) is 16.0. The first kappa shape index (κ1) is 20.1. The van der Waals surface area contributed by atoms with E-state index in [0.29, 0.717) is 25.6 Å². The number of nitrogens with zero attached hydrogens (tertiary/aromatic N) is 1. The summed E-state index contributed by atoms with van der Waals surface area (Å²) in [5.41, 5.74) is 1.13. The number of hydrogen-bond acceptors (Lipinski definition) is 4. The summed E-state index contributed by atoms with van der Waals surface area (Å²) in [6.07, 6.45) is 2.20. The molecular formula is C20H30N2O4. The summed E-state index contributed by atoms with van der Waals surface area (Å²) in [4.78, 5) is 25.6. The van der Waals surface area contributed by atoms with Crippen LogP contribution in [0.2, 0.25) is 0 Å². The molecule has 0 aliphatic carbocycles. The summed E-state index contributed by atoms with van der Waals surface area (Å²) in [5.74, 6) is 1.04. The van der Waals surface area contributed by atoms with Crippen molar-refractivity contribution in [2.24, 2.45) is 0 Å². The smallest absolute Gasteiger partial charge is 0.409 e. The van der Waals surface area contributed by atoms with Gasteiger partial charge in [-0.15, -0.1) is 0 Å². The Labute approximate surface area is 155 Å². The number of likely N-dealkylation sites (tertiary alicyclic amines) is 1. The molecule has 0 aromatic heterocycles. The zero-order valence-electron chi connectivity index (χ0n) is 16.0. The van der Waals surface area contributed by atoms with E-state index in [0.717, 1.165) is 30.6 Å². The highest BCUT2D eigenvalue weighted by atomic mass is 16.6. The largest absolute Gasteiger partial charge is 0.483 e. The first-order chi connectivity index (χ1) is 12.5. The minimum absolute atomic E-state index is 0.00549. The van der Waals surface area contributed by atoms with Crippen molar-refractivity contribution >= 4 is 12.0 Å². The molecule has 1 N–H and O–H groups in total. The van der Waals surface area contributed by atoms with Crippen LogP contribution in [0, 0.1) is 0 Å². The van der Waals surface area contributed by atoms with E-state index in [2.05, 4.69) is 19.2 Å². The van der Waals surface area contributed by atoms with Gasteiger partial charge in [0.25, 0.3) is 5.91 Å². The molecule has 1 fully saturated rings. The van der Waals surface area contributed by atoms with E-state index in [9.17, 15) is 9.59 Å². The molecule has 0 bridgehead atoms. The van der Waals surface area contributed by atoms with Gasteiger partial charge in [0.1, 0.15) is 5.75 Å². The maximum absolute atomic E-state index is 12.2. The third-order valence-electron chi connectivity index (χ3n) is 4.81. The van der Waals surface area contributed by atoms with Crippen molar-refractivity contribution in [3.05, 3.63) is 29.8 Å². The number of carbonyl (C=O) groups excluding carboxylic acids is 2. The molecule has 144 valence electrons. The molecule has 0 saturated carbocycles. The quantitative estimate of drug-likeness (QED) is 0.808. The first-order valence-corrected chi connectivity index (χ1v) is 9.47. The van der Waals surface area contributed by atoms with Crippen molar-refractivity contribution in [3.8, 4) is 5.75 Å². The Hall–Kier alpha value is -2.24. The second kappa shape index (κ2) is 10.0. The topological polar surface area (TPSA) is 67.9 Å². The molecule has 6 nitrogen and oxygen atoms in total. The van der Waals surface area contributed by atoms with Crippen molar-refractivity contribution in [2.45, 2.75) is 52.0 Å². The van der Waals surface area contributed by atoms with Crippen LogP contribution in [0.5, 0.6) is 5.75 Å². The van der Waals surface area contributed by atoms with Crippen molar-refractivity contribution in [1.29, 1.82) is 0 Å². The summed E-state index contributed by atoms with van der Waals surface area (Å²) >= 11 is 0. The summed E-state index contributed by atoms with van der Waals surface area (Å²) in [6, 6.07) is 7.94. The van der Waals surface area contributed by atoms with Gasteiger partial charge in [0.05, 0.1) is 6.61 Å². The predicted molar refractivity (Wildman–Crippen MR) is 100 cm³/mol. The van der Waals surface area contributed by atoms with Crippen LogP contribution < -0.4 is 10.1 Å². The number of hydrogen-bond donors (Lipinski definition) is 1. The molecule has 2 rings (SSSR count). The van der Waals surface area contributed by atoms with Crippen LogP contribution in [0.1, 0.15) is 51.5 Å². The Bertz CT molecular complexity index is 597. The maximum Gasteiger partial charge on any atom is 0.409 e. The molecule has 1 unspecified atom stereocenters. The molecule has 1 aromatic carbocycles. The normalized spacial score (nSPS) is 16.0. The number of ether oxygens (including phenoxy) is 2. The lowest BCUT2D eigenvalue weighted by molar-refractivity contribution is -0.124. The van der Waals surface area contributed by atoms with Gasteiger partial charge in [-0.3, -0.25) is 4.79 Å². The van der Waals surface area contributed by atoms with Crippen LogP contribution in [0.3, 0.4) is 0 Å². The molecule has 1 heterocycles. The molecule has 0 radical (unpaired) electrons. The van der Waals surface area contributed by atoms with Gasteiger partial charge in [0.15, 0.2) is 6.61 Å². The molecule has 2 amide bonds. The van der Waals surface area contributed by atoms with Crippen molar-refractivity contribution < 1.29 is 19.1 Å². The van der Waals surface area contributed by atoms with Crippen LogP contribution in [0.15, 0.2) is 24.3 Å². The summed E-state index contributed by atoms with van der Waals surface area (Å²) < 4.78 is 10.8. The van der Waals surface area contributed by atoms with E-state index in [-0.39, 0.29) is 24.6 Å². The number of nitrogens with one attached hydrogen (secondary N) is 1. The van der Waals surface area contributed by atoms with Crippen molar-refractivity contribution in [1.82, 2.24) is 10.2 Å². The fourth-order valence-corrected chi connectivity index (χ4v) is 3.07. The van der Waals surface area contributed by atoms with Gasteiger partial charge >= 0.3 is 6.09 Å². The minimum Gasteiger partial charge on any atom is -0.483 e. The third-order valence-corrected chi connectivity index (χ3v) is 4.81. The van der Waals surface area contributed by atoms with Gasteiger partial charge in [-0.2, -0.15) is 0 Å². The molecule has 26 heavy (non-hydrogen) atoms. The lowest BCUT2D eigenvalue weighted by Crippen LogP contribution is -2.47. The second-order valence-corrected chi connectivity index (χ2v) is 6.66.